The lowest BCUT2D eigenvalue weighted by atomic mass is 10.2. The molecule has 6 heteroatoms. The molecule has 1 atom stereocenters. The van der Waals surface area contributed by atoms with Crippen molar-refractivity contribution in [1.29, 1.82) is 0 Å². The van der Waals surface area contributed by atoms with Crippen LogP contribution in [0.4, 0.5) is 0 Å². The molecule has 0 spiro atoms. The molecular formula is C13H25BrN4O. The Kier molecular flexibility index (Phi) is 5.98. The summed E-state index contributed by atoms with van der Waals surface area (Å²) in [5.41, 5.74) is 7.04. The van der Waals surface area contributed by atoms with Crippen LogP contribution in [0.2, 0.25) is 0 Å². The monoisotopic (exact) mass is 332 g/mol. The maximum Gasteiger partial charge on any atom is 0.0717 e. The molecule has 2 N–H and O–H groups in total. The smallest absolute Gasteiger partial charge is 0.0717 e. The molecule has 19 heavy (non-hydrogen) atoms. The molecular weight excluding hydrogens is 308 g/mol. The van der Waals surface area contributed by atoms with Gasteiger partial charge in [-0.05, 0) is 50.8 Å². The molecule has 0 aliphatic heterocycles. The van der Waals surface area contributed by atoms with E-state index in [0.717, 1.165) is 23.3 Å². The Hall–Kier alpha value is -0.430. The predicted molar refractivity (Wildman–Crippen MR) is 81.1 cm³/mol. The van der Waals surface area contributed by atoms with Gasteiger partial charge in [0.2, 0.25) is 0 Å². The highest BCUT2D eigenvalue weighted by Gasteiger charge is 2.19. The van der Waals surface area contributed by atoms with Crippen LogP contribution in [-0.4, -0.2) is 47.5 Å². The SMILES string of the molecule is CN(C)CCn1ncc(Br)c1C(N)COC(C)(C)C. The fraction of sp³-hybridized carbons (Fsp3) is 0.769. The van der Waals surface area contributed by atoms with E-state index < -0.39 is 0 Å². The summed E-state index contributed by atoms with van der Waals surface area (Å²) in [5, 5.41) is 4.36. The van der Waals surface area contributed by atoms with E-state index in [1.54, 1.807) is 6.20 Å². The average molecular weight is 333 g/mol. The molecule has 1 rings (SSSR count). The third-order valence-corrected chi connectivity index (χ3v) is 3.25. The highest BCUT2D eigenvalue weighted by Crippen LogP contribution is 2.23. The van der Waals surface area contributed by atoms with E-state index in [2.05, 4.69) is 25.9 Å². The summed E-state index contributed by atoms with van der Waals surface area (Å²) < 4.78 is 8.64. The van der Waals surface area contributed by atoms with Crippen LogP contribution in [-0.2, 0) is 11.3 Å². The minimum Gasteiger partial charge on any atom is -0.374 e. The molecule has 5 nitrogen and oxygen atoms in total. The van der Waals surface area contributed by atoms with Crippen LogP contribution in [0.15, 0.2) is 10.7 Å². The first-order valence-electron chi connectivity index (χ1n) is 6.46. The molecule has 0 aromatic carbocycles. The van der Waals surface area contributed by atoms with Gasteiger partial charge in [0.1, 0.15) is 0 Å². The minimum atomic E-state index is -0.182. The van der Waals surface area contributed by atoms with Gasteiger partial charge in [-0.15, -0.1) is 0 Å². The van der Waals surface area contributed by atoms with Gasteiger partial charge < -0.3 is 15.4 Å². The second-order valence-corrected chi connectivity index (χ2v) is 6.79. The van der Waals surface area contributed by atoms with E-state index in [0.29, 0.717) is 6.61 Å². The standard InChI is InChI=1S/C13H25BrN4O/c1-13(2,3)19-9-11(15)12-10(14)8-16-18(12)7-6-17(4)5/h8,11H,6-7,9,15H2,1-5H3. The summed E-state index contributed by atoms with van der Waals surface area (Å²) in [4.78, 5) is 2.12. The molecule has 0 bridgehead atoms. The number of aromatic nitrogens is 2. The lowest BCUT2D eigenvalue weighted by molar-refractivity contribution is -0.0112. The molecule has 0 fully saturated rings. The Morgan fingerprint density at radius 1 is 1.47 bits per heavy atom. The zero-order valence-corrected chi connectivity index (χ0v) is 14.1. The first-order chi connectivity index (χ1) is 8.70. The van der Waals surface area contributed by atoms with Crippen molar-refractivity contribution in [3.05, 3.63) is 16.4 Å². The number of hydrogen-bond donors (Lipinski definition) is 1. The van der Waals surface area contributed by atoms with Gasteiger partial charge in [0.25, 0.3) is 0 Å². The number of likely N-dealkylation sites (N-methyl/N-ethyl adjacent to an activating group) is 1. The minimum absolute atomic E-state index is 0.182. The van der Waals surface area contributed by atoms with Crippen LogP contribution in [0.3, 0.4) is 0 Å². The first kappa shape index (κ1) is 16.6. The molecule has 0 aliphatic carbocycles. The molecule has 1 heterocycles. The van der Waals surface area contributed by atoms with Crippen LogP contribution < -0.4 is 5.73 Å². The third kappa shape index (κ3) is 5.60. The average Bonchev–Trinajstić information content (AvgIpc) is 2.64. The van der Waals surface area contributed by atoms with Crippen LogP contribution in [0, 0.1) is 0 Å². The fourth-order valence-corrected chi connectivity index (χ4v) is 2.22. The molecule has 0 amide bonds. The maximum absolute atomic E-state index is 6.23. The van der Waals surface area contributed by atoms with Gasteiger partial charge in [0.15, 0.2) is 0 Å². The normalized spacial score (nSPS) is 14.1. The van der Waals surface area contributed by atoms with E-state index in [9.17, 15) is 0 Å². The van der Waals surface area contributed by atoms with Gasteiger partial charge in [-0.3, -0.25) is 4.68 Å². The second-order valence-electron chi connectivity index (χ2n) is 5.93. The van der Waals surface area contributed by atoms with Crippen LogP contribution in [0.5, 0.6) is 0 Å². The quantitative estimate of drug-likeness (QED) is 0.865. The van der Waals surface area contributed by atoms with E-state index in [1.165, 1.54) is 0 Å². The topological polar surface area (TPSA) is 56.3 Å². The highest BCUT2D eigenvalue weighted by atomic mass is 79.9. The Bertz CT molecular complexity index is 398. The number of ether oxygens (including phenoxy) is 1. The lowest BCUT2D eigenvalue weighted by Crippen LogP contribution is -2.29. The lowest BCUT2D eigenvalue weighted by Gasteiger charge is -2.23. The summed E-state index contributed by atoms with van der Waals surface area (Å²) in [6.45, 7) is 8.30. The summed E-state index contributed by atoms with van der Waals surface area (Å²) >= 11 is 3.51. The number of rotatable bonds is 6. The van der Waals surface area contributed by atoms with Gasteiger partial charge in [-0.25, -0.2) is 0 Å². The number of halogens is 1. The first-order valence-corrected chi connectivity index (χ1v) is 7.25. The van der Waals surface area contributed by atoms with Crippen molar-refractivity contribution in [3.63, 3.8) is 0 Å². The number of hydrogen-bond acceptors (Lipinski definition) is 4. The van der Waals surface area contributed by atoms with Crippen molar-refractivity contribution < 1.29 is 4.74 Å². The largest absolute Gasteiger partial charge is 0.374 e. The van der Waals surface area contributed by atoms with E-state index >= 15 is 0 Å². The zero-order valence-electron chi connectivity index (χ0n) is 12.5. The summed E-state index contributed by atoms with van der Waals surface area (Å²) in [6.07, 6.45) is 1.79. The zero-order chi connectivity index (χ0) is 14.6. The Labute approximate surface area is 124 Å². The number of nitrogens with two attached hydrogens (primary N) is 1. The Morgan fingerprint density at radius 2 is 2.11 bits per heavy atom. The van der Waals surface area contributed by atoms with Gasteiger partial charge >= 0.3 is 0 Å². The summed E-state index contributed by atoms with van der Waals surface area (Å²) in [6, 6.07) is -0.182. The van der Waals surface area contributed by atoms with E-state index in [4.69, 9.17) is 10.5 Å². The maximum atomic E-state index is 6.23. The van der Waals surface area contributed by atoms with Crippen molar-refractivity contribution in [2.45, 2.75) is 39.0 Å². The van der Waals surface area contributed by atoms with Crippen molar-refractivity contribution in [3.8, 4) is 0 Å². The van der Waals surface area contributed by atoms with Crippen molar-refractivity contribution >= 4 is 15.9 Å². The molecule has 110 valence electrons. The van der Waals surface area contributed by atoms with Crippen molar-refractivity contribution in [2.24, 2.45) is 5.73 Å². The van der Waals surface area contributed by atoms with Gasteiger partial charge in [0.05, 0.1) is 41.2 Å². The van der Waals surface area contributed by atoms with Gasteiger partial charge in [-0.1, -0.05) is 0 Å². The predicted octanol–water partition coefficient (Wildman–Crippen LogP) is 2.02. The molecule has 1 unspecified atom stereocenters. The molecule has 0 radical (unpaired) electrons. The second kappa shape index (κ2) is 6.83. The third-order valence-electron chi connectivity index (χ3n) is 2.64. The van der Waals surface area contributed by atoms with Gasteiger partial charge in [-0.2, -0.15) is 5.10 Å². The van der Waals surface area contributed by atoms with Gasteiger partial charge in [0, 0.05) is 6.54 Å². The van der Waals surface area contributed by atoms with E-state index in [1.807, 2.05) is 39.5 Å². The molecule has 0 saturated heterocycles. The van der Waals surface area contributed by atoms with Crippen molar-refractivity contribution in [1.82, 2.24) is 14.7 Å². The van der Waals surface area contributed by atoms with Crippen LogP contribution in [0.1, 0.15) is 32.5 Å². The molecule has 1 aromatic heterocycles. The Morgan fingerprint density at radius 3 is 2.63 bits per heavy atom. The van der Waals surface area contributed by atoms with E-state index in [-0.39, 0.29) is 11.6 Å². The summed E-state index contributed by atoms with van der Waals surface area (Å²) in [7, 11) is 4.09. The number of nitrogens with zero attached hydrogens (tertiary/aromatic N) is 3. The summed E-state index contributed by atoms with van der Waals surface area (Å²) in [5.74, 6) is 0. The highest BCUT2D eigenvalue weighted by molar-refractivity contribution is 9.10. The van der Waals surface area contributed by atoms with Crippen LogP contribution in [0.25, 0.3) is 0 Å². The molecule has 0 saturated carbocycles. The fourth-order valence-electron chi connectivity index (χ4n) is 1.63. The molecule has 0 aliphatic rings. The molecule has 1 aromatic rings. The Balaban J connectivity index is 2.72. The van der Waals surface area contributed by atoms with Crippen LogP contribution >= 0.6 is 15.9 Å². The van der Waals surface area contributed by atoms with Crippen molar-refractivity contribution in [2.75, 3.05) is 27.2 Å².